The minimum atomic E-state index is -0.724. The van der Waals surface area contributed by atoms with Gasteiger partial charge in [0, 0.05) is 51.7 Å². The molecule has 188 valence electrons. The van der Waals surface area contributed by atoms with Gasteiger partial charge in [0.1, 0.15) is 12.7 Å². The highest BCUT2D eigenvalue weighted by Crippen LogP contribution is 2.38. The van der Waals surface area contributed by atoms with Crippen LogP contribution in [-0.2, 0) is 6.54 Å². The summed E-state index contributed by atoms with van der Waals surface area (Å²) in [6.07, 6.45) is 4.00. The smallest absolute Gasteiger partial charge is 0.255 e. The Kier molecular flexibility index (Phi) is 7.42. The summed E-state index contributed by atoms with van der Waals surface area (Å²) in [5, 5.41) is 6.72. The maximum Gasteiger partial charge on any atom is 0.255 e. The third kappa shape index (κ3) is 5.49. The van der Waals surface area contributed by atoms with E-state index in [0.29, 0.717) is 27.1 Å². The average molecular weight is 507 g/mol. The number of anilines is 1. The minimum Gasteiger partial charge on any atom is -0.322 e. The standard InChI is InChI=1S/C28H33FN5OP/c1-4-34-17-25-28(34)36-26(14-30-25)31-19(3)20-6-5-7-24(13-20)32-27(35)21-8-9-22(18(2)12-21)15-33-11-10-23(29)16-33/h5-9,12-14,17,19,23,26,31,36H,4,10-11,15-16H2,1-3H3/p+1. The normalized spacial score (nSPS) is 22.8. The lowest BCUT2D eigenvalue weighted by Crippen LogP contribution is -2.34. The highest BCUT2D eigenvalue weighted by molar-refractivity contribution is 7.44. The van der Waals surface area contributed by atoms with Gasteiger partial charge in [0.15, 0.2) is 5.70 Å². The molecule has 1 amide bonds. The Morgan fingerprint density at radius 1 is 1.31 bits per heavy atom. The number of alkyl halides is 1. The van der Waals surface area contributed by atoms with Crippen LogP contribution in [0.2, 0.25) is 0 Å². The van der Waals surface area contributed by atoms with Gasteiger partial charge in [-0.1, -0.05) is 18.2 Å². The Bertz CT molecular complexity index is 1260. The van der Waals surface area contributed by atoms with Crippen molar-refractivity contribution in [1.29, 1.82) is 0 Å². The number of aryl methyl sites for hydroxylation is 1. The second-order valence-electron chi connectivity index (χ2n) is 9.78. The molecule has 6 nitrogen and oxygen atoms in total. The van der Waals surface area contributed by atoms with Crippen molar-refractivity contribution in [3.63, 3.8) is 0 Å². The van der Waals surface area contributed by atoms with E-state index >= 15 is 0 Å². The number of nitrogens with zero attached hydrogens (tertiary/aromatic N) is 3. The van der Waals surface area contributed by atoms with E-state index in [9.17, 15) is 9.18 Å². The number of hydrogen-bond donors (Lipinski definition) is 2. The van der Waals surface area contributed by atoms with Crippen molar-refractivity contribution < 1.29 is 13.8 Å². The Balaban J connectivity index is 1.19. The number of likely N-dealkylation sites (tertiary alicyclic amines) is 1. The van der Waals surface area contributed by atoms with Crippen molar-refractivity contribution in [2.45, 2.75) is 51.7 Å². The summed E-state index contributed by atoms with van der Waals surface area (Å²) < 4.78 is 15.8. The number of carbonyl (C=O) groups is 1. The van der Waals surface area contributed by atoms with Crippen LogP contribution < -0.4 is 10.6 Å². The van der Waals surface area contributed by atoms with Crippen molar-refractivity contribution in [1.82, 2.24) is 10.2 Å². The molecule has 2 aromatic rings. The number of nitrogens with one attached hydrogen (secondary N) is 2. The molecule has 0 bridgehead atoms. The summed E-state index contributed by atoms with van der Waals surface area (Å²) in [6.45, 7) is 9.29. The maximum absolute atomic E-state index is 13.5. The van der Waals surface area contributed by atoms with Gasteiger partial charge in [-0.25, -0.2) is 9.38 Å². The lowest BCUT2D eigenvalue weighted by Gasteiger charge is -2.25. The zero-order valence-corrected chi connectivity index (χ0v) is 22.1. The van der Waals surface area contributed by atoms with E-state index in [-0.39, 0.29) is 17.7 Å². The van der Waals surface area contributed by atoms with Crippen molar-refractivity contribution in [3.05, 3.63) is 75.9 Å². The molecular weight excluding hydrogens is 472 g/mol. The quantitative estimate of drug-likeness (QED) is 0.399. The number of benzene rings is 2. The molecule has 8 heteroatoms. The summed E-state index contributed by atoms with van der Waals surface area (Å²) in [7, 11) is 0.653. The molecule has 0 radical (unpaired) electrons. The highest BCUT2D eigenvalue weighted by atomic mass is 31.1. The Morgan fingerprint density at radius 3 is 2.92 bits per heavy atom. The molecule has 4 unspecified atom stereocenters. The molecule has 3 aliphatic heterocycles. The minimum absolute atomic E-state index is 0.114. The summed E-state index contributed by atoms with van der Waals surface area (Å²) in [5.41, 5.74) is 7.14. The van der Waals surface area contributed by atoms with Gasteiger partial charge in [-0.15, -0.1) is 0 Å². The molecule has 3 aliphatic rings. The monoisotopic (exact) mass is 506 g/mol. The lowest BCUT2D eigenvalue weighted by molar-refractivity contribution is -0.467. The van der Waals surface area contributed by atoms with E-state index < -0.39 is 6.17 Å². The zero-order valence-electron chi connectivity index (χ0n) is 21.1. The number of amides is 1. The van der Waals surface area contributed by atoms with Gasteiger partial charge in [-0.3, -0.25) is 15.0 Å². The van der Waals surface area contributed by atoms with Gasteiger partial charge >= 0.3 is 0 Å². The molecule has 3 heterocycles. The second-order valence-corrected chi connectivity index (χ2v) is 11.2. The molecule has 2 N–H and O–H groups in total. The first-order valence-corrected chi connectivity index (χ1v) is 13.8. The fraction of sp³-hybridized carbons (Fsp3) is 0.393. The molecule has 0 aromatic heterocycles. The Labute approximate surface area is 214 Å². The number of hydrogen-bond acceptors (Lipinski definition) is 4. The van der Waals surface area contributed by atoms with Gasteiger partial charge in [0.05, 0.1) is 5.78 Å². The average Bonchev–Trinajstić information content (AvgIpc) is 3.27. The molecule has 2 aromatic carbocycles. The Hall–Kier alpha value is -2.73. The van der Waals surface area contributed by atoms with Crippen molar-refractivity contribution >= 4 is 32.6 Å². The van der Waals surface area contributed by atoms with Crippen LogP contribution in [-0.4, -0.2) is 59.4 Å². The SMILES string of the molecule is CC[N+]1=CC2=C1PC(NC(C)c1cccc(NC(=O)c3ccc(CN4CCC(F)C4)c(C)c3)c1)C=N2. The van der Waals surface area contributed by atoms with Crippen LogP contribution in [0.4, 0.5) is 10.1 Å². The fourth-order valence-corrected chi connectivity index (χ4v) is 6.36. The van der Waals surface area contributed by atoms with Crippen LogP contribution in [0.25, 0.3) is 0 Å². The van der Waals surface area contributed by atoms with Gasteiger partial charge in [0.25, 0.3) is 5.91 Å². The molecule has 5 rings (SSSR count). The summed E-state index contributed by atoms with van der Waals surface area (Å²) in [4.78, 5) is 19.7. The Morgan fingerprint density at radius 2 is 2.17 bits per heavy atom. The molecule has 0 spiro atoms. The van der Waals surface area contributed by atoms with E-state index in [4.69, 9.17) is 0 Å². The van der Waals surface area contributed by atoms with Gasteiger partial charge < -0.3 is 5.32 Å². The predicted molar refractivity (Wildman–Crippen MR) is 146 cm³/mol. The molecule has 4 atom stereocenters. The van der Waals surface area contributed by atoms with Crippen LogP contribution in [0.5, 0.6) is 0 Å². The molecule has 36 heavy (non-hydrogen) atoms. The van der Waals surface area contributed by atoms with Gasteiger partial charge in [0.2, 0.25) is 11.7 Å². The van der Waals surface area contributed by atoms with Crippen LogP contribution in [0, 0.1) is 6.92 Å². The second kappa shape index (κ2) is 10.7. The van der Waals surface area contributed by atoms with Crippen LogP contribution >= 0.6 is 8.58 Å². The third-order valence-corrected chi connectivity index (χ3v) is 8.53. The first-order chi connectivity index (χ1) is 17.4. The number of rotatable bonds is 8. The summed E-state index contributed by atoms with van der Waals surface area (Å²) in [6, 6.07) is 13.9. The van der Waals surface area contributed by atoms with E-state index in [1.54, 1.807) is 0 Å². The van der Waals surface area contributed by atoms with Crippen molar-refractivity contribution in [2.75, 3.05) is 25.0 Å². The lowest BCUT2D eigenvalue weighted by atomic mass is 10.0. The van der Waals surface area contributed by atoms with E-state index in [2.05, 4.69) is 51.2 Å². The van der Waals surface area contributed by atoms with Gasteiger partial charge in [-0.05, 0) is 68.1 Å². The highest BCUT2D eigenvalue weighted by Gasteiger charge is 2.33. The van der Waals surface area contributed by atoms with Gasteiger partial charge in [-0.2, -0.15) is 4.58 Å². The number of aliphatic imine (C=N–C) groups is 1. The fourth-order valence-electron chi connectivity index (χ4n) is 4.92. The topological polar surface area (TPSA) is 59.7 Å². The van der Waals surface area contributed by atoms with E-state index in [0.717, 1.165) is 47.7 Å². The number of carbonyl (C=O) groups excluding carboxylic acids is 1. The van der Waals surface area contributed by atoms with Crippen LogP contribution in [0.15, 0.2) is 58.6 Å². The molecule has 0 aliphatic carbocycles. The molecule has 1 fully saturated rings. The number of halogens is 1. The van der Waals surface area contributed by atoms with E-state index in [1.165, 1.54) is 5.44 Å². The van der Waals surface area contributed by atoms with Crippen molar-refractivity contribution in [3.8, 4) is 0 Å². The first-order valence-electron chi connectivity index (χ1n) is 12.7. The van der Waals surface area contributed by atoms with E-state index in [1.807, 2.05) is 49.5 Å². The third-order valence-electron chi connectivity index (χ3n) is 7.09. The van der Waals surface area contributed by atoms with Crippen LogP contribution in [0.3, 0.4) is 0 Å². The number of allylic oxidation sites excluding steroid dienone is 1. The summed E-state index contributed by atoms with van der Waals surface area (Å²) >= 11 is 0. The largest absolute Gasteiger partial charge is 0.322 e. The molecule has 0 saturated carbocycles. The van der Waals surface area contributed by atoms with Crippen molar-refractivity contribution in [2.24, 2.45) is 4.99 Å². The predicted octanol–water partition coefficient (Wildman–Crippen LogP) is 4.82. The van der Waals surface area contributed by atoms with Crippen LogP contribution in [0.1, 0.15) is 53.4 Å². The summed E-state index contributed by atoms with van der Waals surface area (Å²) in [5.74, 6) is 0.0752. The zero-order chi connectivity index (χ0) is 25.2. The molecular formula is C28H34FN5OP+. The molecule has 1 saturated heterocycles. The maximum atomic E-state index is 13.5. The first kappa shape index (κ1) is 24.9.